The Morgan fingerprint density at radius 2 is 1.82 bits per heavy atom. The van der Waals surface area contributed by atoms with Crippen molar-refractivity contribution in [3.05, 3.63) is 52.3 Å². The van der Waals surface area contributed by atoms with Gasteiger partial charge in [-0.15, -0.1) is 11.3 Å². The highest BCUT2D eigenvalue weighted by Crippen LogP contribution is 2.40. The van der Waals surface area contributed by atoms with E-state index >= 15 is 0 Å². The summed E-state index contributed by atoms with van der Waals surface area (Å²) < 4.78 is 35.0. The van der Waals surface area contributed by atoms with E-state index in [4.69, 9.17) is 4.74 Å². The van der Waals surface area contributed by atoms with Crippen molar-refractivity contribution in [3.63, 3.8) is 0 Å². The molecular weight excluding hydrogens is 538 g/mol. The maximum absolute atomic E-state index is 13.5. The van der Waals surface area contributed by atoms with E-state index in [2.05, 4.69) is 25.0 Å². The summed E-state index contributed by atoms with van der Waals surface area (Å²) in [7, 11) is -3.89. The third kappa shape index (κ3) is 7.52. The Hall–Kier alpha value is -3.09. The first-order valence-electron chi connectivity index (χ1n) is 13.0. The molecule has 1 saturated carbocycles. The van der Waals surface area contributed by atoms with Gasteiger partial charge in [-0.3, -0.25) is 0 Å². The van der Waals surface area contributed by atoms with E-state index in [0.29, 0.717) is 16.7 Å². The van der Waals surface area contributed by atoms with E-state index in [9.17, 15) is 18.0 Å². The largest absolute Gasteiger partial charge is 0.447 e. The van der Waals surface area contributed by atoms with Gasteiger partial charge in [0.25, 0.3) is 0 Å². The molecule has 2 aromatic heterocycles. The van der Waals surface area contributed by atoms with Gasteiger partial charge in [0.2, 0.25) is 10.0 Å². The second kappa shape index (κ2) is 11.6. The molecule has 0 aliphatic heterocycles. The molecule has 0 spiro atoms. The Bertz CT molecular complexity index is 1460. The molecule has 3 N–H and O–H groups in total. The topological polar surface area (TPSA) is 143 Å². The first kappa shape index (κ1) is 28.9. The predicted octanol–water partition coefficient (Wildman–Crippen LogP) is 4.80. The van der Waals surface area contributed by atoms with Crippen LogP contribution in [0.2, 0.25) is 0 Å². The molecule has 1 aliphatic carbocycles. The number of nitrogens with one attached hydrogen (secondary N) is 3. The molecule has 39 heavy (non-hydrogen) atoms. The number of H-pyrrole nitrogens is 1. The molecule has 0 unspecified atom stereocenters. The molecule has 1 amide bonds. The van der Waals surface area contributed by atoms with Crippen molar-refractivity contribution in [2.24, 2.45) is 0 Å². The molecular formula is C27H35N5O5S2. The van der Waals surface area contributed by atoms with Gasteiger partial charge in [0.05, 0.1) is 20.9 Å². The standard InChI is InChI=1S/C27H35N5O5S2/c1-16(2)37-26(34)31-20-9-6-17(7-10-20)24-28-15-22(38-24)21-11-8-18(19-13-29-25(33)30-14-19)12-23(21)39(35,36)32-27(3,4)5/h8,11-17,20,32H,6-7,9-10H2,1-5H3,(H,31,34)(H,29,30,33). The minimum Gasteiger partial charge on any atom is -0.447 e. The highest BCUT2D eigenvalue weighted by atomic mass is 32.2. The average molecular weight is 574 g/mol. The maximum Gasteiger partial charge on any atom is 0.407 e. The van der Waals surface area contributed by atoms with Gasteiger partial charge < -0.3 is 15.0 Å². The van der Waals surface area contributed by atoms with E-state index in [-0.39, 0.29) is 29.1 Å². The first-order chi connectivity index (χ1) is 18.3. The number of amides is 1. The number of rotatable bonds is 7. The van der Waals surface area contributed by atoms with Gasteiger partial charge >= 0.3 is 11.8 Å². The number of nitrogens with zero attached hydrogens (tertiary/aromatic N) is 2. The van der Waals surface area contributed by atoms with Gasteiger partial charge in [-0.05, 0) is 71.9 Å². The van der Waals surface area contributed by atoms with Gasteiger partial charge in [-0.25, -0.2) is 32.7 Å². The van der Waals surface area contributed by atoms with Crippen LogP contribution in [-0.4, -0.2) is 47.1 Å². The molecule has 0 bridgehead atoms. The molecule has 10 nitrogen and oxygen atoms in total. The normalized spacial score (nSPS) is 18.2. The summed E-state index contributed by atoms with van der Waals surface area (Å²) in [4.78, 5) is 35.2. The molecule has 1 fully saturated rings. The number of benzene rings is 1. The van der Waals surface area contributed by atoms with Gasteiger partial charge in [0, 0.05) is 47.2 Å². The van der Waals surface area contributed by atoms with Crippen molar-refractivity contribution in [3.8, 4) is 21.6 Å². The Morgan fingerprint density at radius 1 is 1.10 bits per heavy atom. The number of carbonyl (C=O) groups excluding carboxylic acids is 1. The zero-order chi connectivity index (χ0) is 28.4. The minimum atomic E-state index is -3.89. The summed E-state index contributed by atoms with van der Waals surface area (Å²) in [6, 6.07) is 5.26. The lowest BCUT2D eigenvalue weighted by Crippen LogP contribution is -2.40. The van der Waals surface area contributed by atoms with Crippen molar-refractivity contribution in [1.29, 1.82) is 0 Å². The van der Waals surface area contributed by atoms with Crippen molar-refractivity contribution < 1.29 is 17.9 Å². The van der Waals surface area contributed by atoms with Crippen LogP contribution in [0, 0.1) is 0 Å². The van der Waals surface area contributed by atoms with Gasteiger partial charge in [-0.2, -0.15) is 0 Å². The molecule has 1 aliphatic rings. The van der Waals surface area contributed by atoms with E-state index in [1.807, 2.05) is 19.9 Å². The lowest BCUT2D eigenvalue weighted by molar-refractivity contribution is 0.109. The quantitative estimate of drug-likeness (QED) is 0.368. The van der Waals surface area contributed by atoms with E-state index in [1.54, 1.807) is 39.1 Å². The van der Waals surface area contributed by atoms with Crippen LogP contribution in [0.3, 0.4) is 0 Å². The number of ether oxygens (including phenoxy) is 1. The summed E-state index contributed by atoms with van der Waals surface area (Å²) in [5.74, 6) is 0.238. The second-order valence-corrected chi connectivity index (χ2v) is 13.8. The maximum atomic E-state index is 13.5. The number of alkyl carbamates (subject to hydrolysis) is 1. The lowest BCUT2D eigenvalue weighted by atomic mass is 9.86. The number of hydrogen-bond donors (Lipinski definition) is 3. The predicted molar refractivity (Wildman–Crippen MR) is 151 cm³/mol. The van der Waals surface area contributed by atoms with Crippen LogP contribution < -0.4 is 15.7 Å². The fourth-order valence-corrected chi connectivity index (χ4v) is 7.44. The van der Waals surface area contributed by atoms with Crippen molar-refractivity contribution >= 4 is 27.5 Å². The SMILES string of the molecule is CC(C)OC(=O)NC1CCC(c2ncc(-c3ccc(-c4cnc(=O)[nH]c4)cc3S(=O)(=O)NC(C)(C)C)s2)CC1. The van der Waals surface area contributed by atoms with Crippen LogP contribution >= 0.6 is 11.3 Å². The molecule has 0 atom stereocenters. The zero-order valence-electron chi connectivity index (χ0n) is 22.8. The lowest BCUT2D eigenvalue weighted by Gasteiger charge is -2.28. The number of hydrogen-bond acceptors (Lipinski definition) is 8. The smallest absolute Gasteiger partial charge is 0.407 e. The summed E-state index contributed by atoms with van der Waals surface area (Å²) >= 11 is 1.49. The molecule has 0 saturated heterocycles. The van der Waals surface area contributed by atoms with Crippen molar-refractivity contribution in [2.45, 2.75) is 88.8 Å². The highest BCUT2D eigenvalue weighted by molar-refractivity contribution is 7.89. The van der Waals surface area contributed by atoms with E-state index < -0.39 is 21.3 Å². The molecule has 2 heterocycles. The molecule has 210 valence electrons. The Morgan fingerprint density at radius 3 is 2.44 bits per heavy atom. The summed E-state index contributed by atoms with van der Waals surface area (Å²) in [6.07, 6.45) is 7.50. The van der Waals surface area contributed by atoms with E-state index in [1.165, 1.54) is 23.7 Å². The van der Waals surface area contributed by atoms with Crippen LogP contribution in [0.5, 0.6) is 0 Å². The summed E-state index contributed by atoms with van der Waals surface area (Å²) in [5, 5.41) is 3.89. The Kier molecular flexibility index (Phi) is 8.57. The van der Waals surface area contributed by atoms with Gasteiger partial charge in [-0.1, -0.05) is 12.1 Å². The fraction of sp³-hybridized carbons (Fsp3) is 0.481. The van der Waals surface area contributed by atoms with Gasteiger partial charge in [0.1, 0.15) is 0 Å². The molecule has 1 aromatic carbocycles. The Labute approximate surface area is 232 Å². The van der Waals surface area contributed by atoms with Crippen molar-refractivity contribution in [1.82, 2.24) is 25.0 Å². The van der Waals surface area contributed by atoms with Crippen LogP contribution in [0.1, 0.15) is 71.2 Å². The molecule has 3 aromatic rings. The minimum absolute atomic E-state index is 0.0714. The van der Waals surface area contributed by atoms with Crippen LogP contribution in [0.15, 0.2) is 46.5 Å². The third-order valence-corrected chi connectivity index (χ3v) is 9.24. The third-order valence-electron chi connectivity index (χ3n) is 6.25. The first-order valence-corrected chi connectivity index (χ1v) is 15.3. The average Bonchev–Trinajstić information content (AvgIpc) is 3.33. The number of thiazole rings is 1. The van der Waals surface area contributed by atoms with Crippen molar-refractivity contribution in [2.75, 3.05) is 0 Å². The van der Waals surface area contributed by atoms with Gasteiger partial charge in [0.15, 0.2) is 0 Å². The van der Waals surface area contributed by atoms with Crippen LogP contribution in [0.4, 0.5) is 4.79 Å². The molecule has 12 heteroatoms. The summed E-state index contributed by atoms with van der Waals surface area (Å²) in [6.45, 7) is 9.01. The number of sulfonamides is 1. The summed E-state index contributed by atoms with van der Waals surface area (Å²) in [5.41, 5.74) is 0.613. The number of carbonyl (C=O) groups is 1. The Balaban J connectivity index is 1.59. The fourth-order valence-electron chi connectivity index (χ4n) is 4.59. The zero-order valence-corrected chi connectivity index (χ0v) is 24.4. The number of aromatic nitrogens is 3. The second-order valence-electron chi connectivity index (χ2n) is 11.1. The van der Waals surface area contributed by atoms with Crippen LogP contribution in [0.25, 0.3) is 21.6 Å². The highest BCUT2D eigenvalue weighted by Gasteiger charge is 2.29. The monoisotopic (exact) mass is 573 g/mol. The van der Waals surface area contributed by atoms with Crippen LogP contribution in [-0.2, 0) is 14.8 Å². The van der Waals surface area contributed by atoms with E-state index in [0.717, 1.165) is 35.6 Å². The molecule has 0 radical (unpaired) electrons. The number of aromatic amines is 1. The molecule has 4 rings (SSSR count).